The molecule has 0 aromatic heterocycles. The van der Waals surface area contributed by atoms with Gasteiger partial charge in [-0.05, 0) is 30.7 Å². The van der Waals surface area contributed by atoms with Gasteiger partial charge in [-0.1, -0.05) is 25.4 Å². The van der Waals surface area contributed by atoms with Crippen LogP contribution < -0.4 is 4.74 Å². The second-order valence-electron chi connectivity index (χ2n) is 2.46. The van der Waals surface area contributed by atoms with E-state index in [2.05, 4.69) is 4.74 Å². The second-order valence-corrected chi connectivity index (χ2v) is 2.89. The summed E-state index contributed by atoms with van der Waals surface area (Å²) < 4.78 is 39.0. The SMILES string of the molecule is CC.Cc1cc(Cl)ccc1OC(F)(F)F. The van der Waals surface area contributed by atoms with E-state index in [1.807, 2.05) is 13.8 Å². The van der Waals surface area contributed by atoms with Crippen molar-refractivity contribution in [3.8, 4) is 5.75 Å². The van der Waals surface area contributed by atoms with Crippen LogP contribution in [0.4, 0.5) is 13.2 Å². The quantitative estimate of drug-likeness (QED) is 0.699. The van der Waals surface area contributed by atoms with Crippen LogP contribution in [0, 0.1) is 6.92 Å². The maximum atomic E-state index is 11.8. The molecule has 5 heteroatoms. The highest BCUT2D eigenvalue weighted by atomic mass is 35.5. The van der Waals surface area contributed by atoms with Crippen LogP contribution in [0.3, 0.4) is 0 Å². The zero-order valence-corrected chi connectivity index (χ0v) is 9.41. The summed E-state index contributed by atoms with van der Waals surface area (Å²) in [5.74, 6) is -0.225. The summed E-state index contributed by atoms with van der Waals surface area (Å²) in [6.07, 6.45) is -4.65. The highest BCUT2D eigenvalue weighted by Gasteiger charge is 2.31. The molecule has 0 amide bonds. The van der Waals surface area contributed by atoms with Crippen LogP contribution in [0.15, 0.2) is 18.2 Å². The Morgan fingerprint density at radius 2 is 1.73 bits per heavy atom. The molecular formula is C10H12ClF3O. The summed E-state index contributed by atoms with van der Waals surface area (Å²) in [6.45, 7) is 5.49. The Morgan fingerprint density at radius 1 is 1.20 bits per heavy atom. The number of aryl methyl sites for hydroxylation is 1. The van der Waals surface area contributed by atoms with Crippen molar-refractivity contribution in [1.82, 2.24) is 0 Å². The predicted molar refractivity (Wildman–Crippen MR) is 54.2 cm³/mol. The average Bonchev–Trinajstić information content (AvgIpc) is 2.12. The Morgan fingerprint density at radius 3 is 2.13 bits per heavy atom. The Balaban J connectivity index is 0.000000921. The minimum atomic E-state index is -4.65. The first-order valence-electron chi connectivity index (χ1n) is 4.40. The van der Waals surface area contributed by atoms with E-state index < -0.39 is 6.36 Å². The summed E-state index contributed by atoms with van der Waals surface area (Å²) >= 11 is 5.55. The molecule has 86 valence electrons. The van der Waals surface area contributed by atoms with E-state index in [4.69, 9.17) is 11.6 Å². The molecule has 0 aliphatic carbocycles. The Kier molecular flexibility index (Phi) is 5.50. The maximum absolute atomic E-state index is 11.8. The Bertz CT molecular complexity index is 310. The number of alkyl halides is 3. The molecule has 0 fully saturated rings. The fourth-order valence-corrected chi connectivity index (χ4v) is 1.08. The Labute approximate surface area is 91.8 Å². The monoisotopic (exact) mass is 240 g/mol. The summed E-state index contributed by atoms with van der Waals surface area (Å²) in [4.78, 5) is 0. The van der Waals surface area contributed by atoms with Crippen molar-refractivity contribution in [2.75, 3.05) is 0 Å². The minimum absolute atomic E-state index is 0.225. The van der Waals surface area contributed by atoms with Gasteiger partial charge in [0.25, 0.3) is 0 Å². The van der Waals surface area contributed by atoms with Crippen LogP contribution in [-0.2, 0) is 0 Å². The van der Waals surface area contributed by atoms with Crippen molar-refractivity contribution in [2.45, 2.75) is 27.1 Å². The highest BCUT2D eigenvalue weighted by Crippen LogP contribution is 2.27. The lowest BCUT2D eigenvalue weighted by molar-refractivity contribution is -0.274. The van der Waals surface area contributed by atoms with Crippen LogP contribution in [0.2, 0.25) is 5.02 Å². The van der Waals surface area contributed by atoms with E-state index in [9.17, 15) is 13.2 Å². The van der Waals surface area contributed by atoms with Crippen molar-refractivity contribution >= 4 is 11.6 Å². The smallest absolute Gasteiger partial charge is 0.406 e. The summed E-state index contributed by atoms with van der Waals surface area (Å²) in [5.41, 5.74) is 0.352. The first-order chi connectivity index (χ1) is 6.88. The van der Waals surface area contributed by atoms with Crippen molar-refractivity contribution < 1.29 is 17.9 Å². The van der Waals surface area contributed by atoms with Gasteiger partial charge in [0.2, 0.25) is 0 Å². The molecule has 0 spiro atoms. The Hall–Kier alpha value is -0.900. The van der Waals surface area contributed by atoms with Gasteiger partial charge in [-0.2, -0.15) is 0 Å². The van der Waals surface area contributed by atoms with Gasteiger partial charge >= 0.3 is 6.36 Å². The van der Waals surface area contributed by atoms with Crippen molar-refractivity contribution in [1.29, 1.82) is 0 Å². The zero-order chi connectivity index (χ0) is 12.1. The molecule has 0 heterocycles. The molecule has 0 unspecified atom stereocenters. The lowest BCUT2D eigenvalue weighted by Crippen LogP contribution is -2.17. The fraction of sp³-hybridized carbons (Fsp3) is 0.400. The molecule has 1 aromatic rings. The van der Waals surface area contributed by atoms with Gasteiger partial charge in [0.05, 0.1) is 0 Å². The summed E-state index contributed by atoms with van der Waals surface area (Å²) in [7, 11) is 0. The standard InChI is InChI=1S/C8H6ClF3O.C2H6/c1-5-4-6(9)2-3-7(5)13-8(10,11)12;1-2/h2-4H,1H3;1-2H3. The number of halogens is 4. The van der Waals surface area contributed by atoms with Crippen molar-refractivity contribution in [3.05, 3.63) is 28.8 Å². The first kappa shape index (κ1) is 14.1. The molecule has 0 saturated carbocycles. The van der Waals surface area contributed by atoms with Gasteiger partial charge in [0.15, 0.2) is 0 Å². The normalized spacial score (nSPS) is 10.3. The van der Waals surface area contributed by atoms with Crippen LogP contribution in [0.25, 0.3) is 0 Å². The lowest BCUT2D eigenvalue weighted by atomic mass is 10.2. The third kappa shape index (κ3) is 5.52. The molecule has 0 atom stereocenters. The van der Waals surface area contributed by atoms with Gasteiger partial charge in [-0.3, -0.25) is 0 Å². The fourth-order valence-electron chi connectivity index (χ4n) is 0.852. The number of rotatable bonds is 1. The van der Waals surface area contributed by atoms with E-state index in [0.717, 1.165) is 0 Å². The summed E-state index contributed by atoms with van der Waals surface area (Å²) in [6, 6.07) is 3.93. The number of hydrogen-bond acceptors (Lipinski definition) is 1. The molecule has 0 aliphatic rings. The number of hydrogen-bond donors (Lipinski definition) is 0. The lowest BCUT2D eigenvalue weighted by Gasteiger charge is -2.10. The van der Waals surface area contributed by atoms with E-state index >= 15 is 0 Å². The number of ether oxygens (including phenoxy) is 1. The third-order valence-electron chi connectivity index (χ3n) is 1.36. The van der Waals surface area contributed by atoms with E-state index in [-0.39, 0.29) is 5.75 Å². The van der Waals surface area contributed by atoms with Gasteiger partial charge < -0.3 is 4.74 Å². The van der Waals surface area contributed by atoms with E-state index in [0.29, 0.717) is 10.6 Å². The molecule has 1 nitrogen and oxygen atoms in total. The molecular weight excluding hydrogens is 229 g/mol. The van der Waals surface area contributed by atoms with E-state index in [1.165, 1.54) is 25.1 Å². The van der Waals surface area contributed by atoms with E-state index in [1.54, 1.807) is 0 Å². The molecule has 0 N–H and O–H groups in total. The van der Waals surface area contributed by atoms with Gasteiger partial charge in [0, 0.05) is 5.02 Å². The third-order valence-corrected chi connectivity index (χ3v) is 1.60. The topological polar surface area (TPSA) is 9.23 Å². The molecule has 1 rings (SSSR count). The van der Waals surface area contributed by atoms with Crippen LogP contribution in [0.5, 0.6) is 5.75 Å². The molecule has 15 heavy (non-hydrogen) atoms. The van der Waals surface area contributed by atoms with Gasteiger partial charge in [-0.15, -0.1) is 13.2 Å². The zero-order valence-electron chi connectivity index (χ0n) is 8.65. The van der Waals surface area contributed by atoms with Crippen LogP contribution in [-0.4, -0.2) is 6.36 Å². The second kappa shape index (κ2) is 5.85. The number of benzene rings is 1. The molecule has 0 saturated heterocycles. The van der Waals surface area contributed by atoms with Gasteiger partial charge in [0.1, 0.15) is 5.75 Å². The molecule has 0 radical (unpaired) electrons. The first-order valence-corrected chi connectivity index (χ1v) is 4.78. The molecule has 0 bridgehead atoms. The minimum Gasteiger partial charge on any atom is -0.406 e. The van der Waals surface area contributed by atoms with Crippen molar-refractivity contribution in [2.24, 2.45) is 0 Å². The molecule has 0 aliphatic heterocycles. The molecule has 1 aromatic carbocycles. The largest absolute Gasteiger partial charge is 0.573 e. The highest BCUT2D eigenvalue weighted by molar-refractivity contribution is 6.30. The van der Waals surface area contributed by atoms with Crippen molar-refractivity contribution in [3.63, 3.8) is 0 Å². The maximum Gasteiger partial charge on any atom is 0.573 e. The van der Waals surface area contributed by atoms with Gasteiger partial charge in [-0.25, -0.2) is 0 Å². The van der Waals surface area contributed by atoms with Crippen LogP contribution >= 0.6 is 11.6 Å². The van der Waals surface area contributed by atoms with Crippen LogP contribution in [0.1, 0.15) is 19.4 Å². The predicted octanol–water partition coefficient (Wildman–Crippen LogP) is 4.57. The summed E-state index contributed by atoms with van der Waals surface area (Å²) in [5, 5.41) is 0.382. The average molecular weight is 241 g/mol.